The Hall–Kier alpha value is -3.88. The molecular weight excluding hydrogens is 612 g/mol. The van der Waals surface area contributed by atoms with Crippen LogP contribution in [0, 0.1) is 0 Å². The molecule has 0 aliphatic heterocycles. The van der Waals surface area contributed by atoms with Crippen molar-refractivity contribution in [2.45, 2.75) is 17.0 Å². The van der Waals surface area contributed by atoms with Gasteiger partial charge in [-0.05, 0) is 70.0 Å². The van der Waals surface area contributed by atoms with Gasteiger partial charge >= 0.3 is 10.1 Å². The lowest BCUT2D eigenvalue weighted by molar-refractivity contribution is -0.118. The summed E-state index contributed by atoms with van der Waals surface area (Å²) >= 11 is 4.44. The van der Waals surface area contributed by atoms with Crippen LogP contribution in [0.2, 0.25) is 0 Å². The zero-order chi connectivity index (χ0) is 28.0. The van der Waals surface area contributed by atoms with Crippen LogP contribution in [0.5, 0.6) is 11.5 Å². The molecule has 11 nitrogen and oxygen atoms in total. The van der Waals surface area contributed by atoms with Crippen LogP contribution in [0.4, 0.5) is 5.69 Å². The number of fused-ring (bicyclic) bond motifs is 1. The van der Waals surface area contributed by atoms with E-state index in [1.54, 1.807) is 12.1 Å². The number of benzene rings is 3. The number of thioether (sulfide) groups is 1. The molecule has 0 saturated carbocycles. The summed E-state index contributed by atoms with van der Waals surface area (Å²) in [5, 5.41) is 6.87. The molecule has 3 aromatic carbocycles. The summed E-state index contributed by atoms with van der Waals surface area (Å²) in [6.07, 6.45) is 1.37. The number of amides is 2. The van der Waals surface area contributed by atoms with Gasteiger partial charge in [0.05, 0.1) is 23.5 Å². The monoisotopic (exact) mass is 632 g/mol. The lowest BCUT2D eigenvalue weighted by atomic mass is 10.2. The molecule has 4 aromatic rings. The topological polar surface area (TPSA) is 149 Å². The summed E-state index contributed by atoms with van der Waals surface area (Å²) in [7, 11) is -2.86. The maximum atomic E-state index is 12.8. The van der Waals surface area contributed by atoms with Crippen LogP contribution in [0.1, 0.15) is 12.5 Å². The number of anilines is 1. The van der Waals surface area contributed by atoms with Crippen LogP contribution >= 0.6 is 27.7 Å². The number of hydrogen-bond donors (Lipinski definition) is 2. The molecule has 14 heteroatoms. The molecule has 0 spiro atoms. The highest BCUT2D eigenvalue weighted by atomic mass is 79.9. The second-order valence-corrected chi connectivity index (χ2v) is 11.1. The highest BCUT2D eigenvalue weighted by Crippen LogP contribution is 2.38. The highest BCUT2D eigenvalue weighted by Gasteiger charge is 2.22. The Kier molecular flexibility index (Phi) is 8.89. The fraction of sp³-hybridized carbons (Fsp3) is 0.120. The van der Waals surface area contributed by atoms with Crippen LogP contribution in [-0.4, -0.2) is 44.3 Å². The normalized spacial score (nSPS) is 11.5. The van der Waals surface area contributed by atoms with Crippen molar-refractivity contribution in [3.8, 4) is 11.5 Å². The summed E-state index contributed by atoms with van der Waals surface area (Å²) in [5.74, 6) is -0.577. The Balaban J connectivity index is 1.39. The number of hydrazone groups is 1. The van der Waals surface area contributed by atoms with Crippen molar-refractivity contribution in [2.75, 3.05) is 18.2 Å². The Bertz CT molecular complexity index is 1620. The quantitative estimate of drug-likeness (QED) is 0.111. The molecule has 2 N–H and O–H groups in total. The molecule has 2 amide bonds. The Morgan fingerprint density at radius 3 is 2.59 bits per heavy atom. The third-order valence-electron chi connectivity index (χ3n) is 4.91. The van der Waals surface area contributed by atoms with Crippen LogP contribution in [0.25, 0.3) is 11.1 Å². The first-order chi connectivity index (χ1) is 18.6. The van der Waals surface area contributed by atoms with Gasteiger partial charge in [-0.1, -0.05) is 23.9 Å². The smallest absolute Gasteiger partial charge is 0.339 e. The molecule has 39 heavy (non-hydrogen) atoms. The zero-order valence-corrected chi connectivity index (χ0v) is 23.7. The van der Waals surface area contributed by atoms with Gasteiger partial charge in [0.2, 0.25) is 5.91 Å². The number of aromatic nitrogens is 1. The number of halogens is 1. The van der Waals surface area contributed by atoms with E-state index in [1.807, 2.05) is 18.2 Å². The van der Waals surface area contributed by atoms with Gasteiger partial charge < -0.3 is 18.7 Å². The fourth-order valence-electron chi connectivity index (χ4n) is 3.21. The number of nitrogens with zero attached hydrogens (tertiary/aromatic N) is 2. The maximum Gasteiger partial charge on any atom is 0.339 e. The van der Waals surface area contributed by atoms with Gasteiger partial charge in [-0.25, -0.2) is 10.4 Å². The Labute approximate surface area is 236 Å². The number of methoxy groups -OCH3 is 1. The predicted octanol–water partition coefficient (Wildman–Crippen LogP) is 4.57. The maximum absolute atomic E-state index is 12.8. The minimum Gasteiger partial charge on any atom is -0.493 e. The van der Waals surface area contributed by atoms with Gasteiger partial charge in [-0.2, -0.15) is 13.5 Å². The standard InChI is InChI=1S/C25H21BrN4O7S2/c1-15(31)28-17-7-9-18(10-8-17)39(33,34)37-24-19(26)11-16(12-22(24)35-2)13-27-30-23(32)14-38-25-29-20-5-3-4-6-21(20)36-25/h3-13H,14H2,1-2H3,(H,28,31)(H,30,32)/b27-13-. The summed E-state index contributed by atoms with van der Waals surface area (Å²) in [6.45, 7) is 1.35. The van der Waals surface area contributed by atoms with Crippen molar-refractivity contribution >= 4 is 72.6 Å². The lowest BCUT2D eigenvalue weighted by Gasteiger charge is -2.13. The molecule has 0 fully saturated rings. The Morgan fingerprint density at radius 2 is 1.90 bits per heavy atom. The van der Waals surface area contributed by atoms with E-state index in [2.05, 4.69) is 36.8 Å². The molecule has 0 atom stereocenters. The molecule has 0 aliphatic carbocycles. The van der Waals surface area contributed by atoms with Crippen molar-refractivity contribution in [2.24, 2.45) is 5.10 Å². The van der Waals surface area contributed by atoms with E-state index in [0.29, 0.717) is 27.6 Å². The highest BCUT2D eigenvalue weighted by molar-refractivity contribution is 9.10. The zero-order valence-electron chi connectivity index (χ0n) is 20.5. The van der Waals surface area contributed by atoms with Crippen molar-refractivity contribution in [3.63, 3.8) is 0 Å². The van der Waals surface area contributed by atoms with Gasteiger partial charge in [0, 0.05) is 12.6 Å². The van der Waals surface area contributed by atoms with Crippen LogP contribution in [0.3, 0.4) is 0 Å². The predicted molar refractivity (Wildman–Crippen MR) is 150 cm³/mol. The van der Waals surface area contributed by atoms with E-state index < -0.39 is 10.1 Å². The third kappa shape index (κ3) is 7.37. The Morgan fingerprint density at radius 1 is 1.15 bits per heavy atom. The van der Waals surface area contributed by atoms with Crippen molar-refractivity contribution < 1.29 is 31.3 Å². The number of carbonyl (C=O) groups is 2. The second kappa shape index (κ2) is 12.3. The van der Waals surface area contributed by atoms with Crippen molar-refractivity contribution in [1.29, 1.82) is 0 Å². The minimum absolute atomic E-state index is 0.0353. The van der Waals surface area contributed by atoms with E-state index in [9.17, 15) is 18.0 Å². The average molecular weight is 634 g/mol. The van der Waals surface area contributed by atoms with Crippen molar-refractivity contribution in [3.05, 3.63) is 70.7 Å². The van der Waals surface area contributed by atoms with E-state index >= 15 is 0 Å². The van der Waals surface area contributed by atoms with E-state index in [1.165, 1.54) is 50.6 Å². The molecule has 0 radical (unpaired) electrons. The SMILES string of the molecule is COc1cc(/C=N\NC(=O)CSc2nc3ccccc3o2)cc(Br)c1OS(=O)(=O)c1ccc(NC(C)=O)cc1. The van der Waals surface area contributed by atoms with Gasteiger partial charge in [0.1, 0.15) is 10.4 Å². The number of carbonyl (C=O) groups excluding carboxylic acids is 2. The van der Waals surface area contributed by atoms with E-state index in [0.717, 1.165) is 11.8 Å². The molecule has 1 heterocycles. The van der Waals surface area contributed by atoms with Crippen LogP contribution in [0.15, 0.2) is 84.8 Å². The molecule has 0 aliphatic rings. The molecule has 0 bridgehead atoms. The molecule has 1 aromatic heterocycles. The van der Waals surface area contributed by atoms with Crippen molar-refractivity contribution in [1.82, 2.24) is 10.4 Å². The first-order valence-electron chi connectivity index (χ1n) is 11.1. The lowest BCUT2D eigenvalue weighted by Crippen LogP contribution is -2.19. The number of oxazole rings is 1. The van der Waals surface area contributed by atoms with Crippen LogP contribution in [-0.2, 0) is 19.7 Å². The first-order valence-corrected chi connectivity index (χ1v) is 14.3. The third-order valence-corrected chi connectivity index (χ3v) is 7.56. The fourth-order valence-corrected chi connectivity index (χ4v) is 5.45. The van der Waals surface area contributed by atoms with Gasteiger partial charge in [-0.3, -0.25) is 9.59 Å². The summed E-state index contributed by atoms with van der Waals surface area (Å²) < 4.78 is 42.2. The van der Waals surface area contributed by atoms with E-state index in [4.69, 9.17) is 13.3 Å². The first kappa shape index (κ1) is 28.1. The minimum atomic E-state index is -4.22. The second-order valence-electron chi connectivity index (χ2n) is 7.81. The largest absolute Gasteiger partial charge is 0.493 e. The molecule has 0 saturated heterocycles. The molecule has 202 valence electrons. The molecule has 0 unspecified atom stereocenters. The van der Waals surface area contributed by atoms with Gasteiger partial charge in [0.25, 0.3) is 11.1 Å². The number of para-hydroxylation sites is 2. The number of rotatable bonds is 10. The van der Waals surface area contributed by atoms with Gasteiger partial charge in [-0.15, -0.1) is 0 Å². The number of hydrogen-bond acceptors (Lipinski definition) is 10. The number of nitrogens with one attached hydrogen (secondary N) is 2. The molecular formula is C25H21BrN4O7S2. The van der Waals surface area contributed by atoms with Gasteiger partial charge in [0.15, 0.2) is 17.1 Å². The summed E-state index contributed by atoms with van der Waals surface area (Å²) in [6, 6.07) is 15.9. The summed E-state index contributed by atoms with van der Waals surface area (Å²) in [4.78, 5) is 27.5. The molecule has 4 rings (SSSR count). The van der Waals surface area contributed by atoms with E-state index in [-0.39, 0.29) is 38.4 Å². The average Bonchev–Trinajstić information content (AvgIpc) is 3.32. The summed E-state index contributed by atoms with van der Waals surface area (Å²) in [5.41, 5.74) is 4.70. The van der Waals surface area contributed by atoms with Crippen LogP contribution < -0.4 is 19.7 Å². The number of ether oxygens (including phenoxy) is 1.